The summed E-state index contributed by atoms with van der Waals surface area (Å²) in [6, 6.07) is 7.84. The van der Waals surface area contributed by atoms with Crippen LogP contribution in [0.4, 0.5) is 0 Å². The molecule has 1 aromatic rings. The first-order valence-corrected chi connectivity index (χ1v) is 7.47. The monoisotopic (exact) mass is 295 g/mol. The summed E-state index contributed by atoms with van der Waals surface area (Å²) >= 11 is 5.99. The van der Waals surface area contributed by atoms with E-state index in [2.05, 4.69) is 4.90 Å². The van der Waals surface area contributed by atoms with Crippen LogP contribution < -0.4 is 0 Å². The number of rotatable bonds is 6. The fraction of sp³-hybridized carbons (Fsp3) is 0.562. The molecule has 1 aliphatic carbocycles. The van der Waals surface area contributed by atoms with Crippen molar-refractivity contribution in [2.24, 2.45) is 5.92 Å². The molecule has 20 heavy (non-hydrogen) atoms. The number of esters is 1. The SMILES string of the molecule is CCOC(=O)CC(c1ccc(Cl)cc1)(C1CC1)N(C)C. The molecule has 1 aliphatic rings. The third kappa shape index (κ3) is 2.99. The van der Waals surface area contributed by atoms with Crippen LogP contribution in [0.1, 0.15) is 31.7 Å². The molecule has 0 N–H and O–H groups in total. The highest BCUT2D eigenvalue weighted by Gasteiger charge is 2.49. The Bertz CT molecular complexity index is 464. The average Bonchev–Trinajstić information content (AvgIpc) is 3.21. The molecule has 1 fully saturated rings. The van der Waals surface area contributed by atoms with Crippen LogP contribution in [-0.4, -0.2) is 31.6 Å². The second-order valence-corrected chi connectivity index (χ2v) is 6.02. The number of carbonyl (C=O) groups is 1. The number of ether oxygens (including phenoxy) is 1. The standard InChI is InChI=1S/C16H22ClNO2/c1-4-20-15(19)11-16(18(2)3,12-5-6-12)13-7-9-14(17)10-8-13/h7-10,12H,4-6,11H2,1-3H3. The fourth-order valence-corrected chi connectivity index (χ4v) is 3.12. The summed E-state index contributed by atoms with van der Waals surface area (Å²) in [4.78, 5) is 14.2. The summed E-state index contributed by atoms with van der Waals surface area (Å²) in [5.74, 6) is 0.367. The summed E-state index contributed by atoms with van der Waals surface area (Å²) in [6.07, 6.45) is 2.70. The van der Waals surface area contributed by atoms with E-state index >= 15 is 0 Å². The molecule has 1 saturated carbocycles. The molecule has 110 valence electrons. The van der Waals surface area contributed by atoms with Gasteiger partial charge in [-0.1, -0.05) is 23.7 Å². The molecule has 0 spiro atoms. The zero-order valence-corrected chi connectivity index (χ0v) is 13.1. The molecule has 3 nitrogen and oxygen atoms in total. The lowest BCUT2D eigenvalue weighted by atomic mass is 9.80. The highest BCUT2D eigenvalue weighted by Crippen LogP contribution is 2.51. The quantitative estimate of drug-likeness (QED) is 0.753. The van der Waals surface area contributed by atoms with E-state index in [9.17, 15) is 4.79 Å². The van der Waals surface area contributed by atoms with Crippen molar-refractivity contribution in [1.82, 2.24) is 4.90 Å². The van der Waals surface area contributed by atoms with Crippen molar-refractivity contribution in [3.8, 4) is 0 Å². The van der Waals surface area contributed by atoms with Crippen molar-refractivity contribution >= 4 is 17.6 Å². The number of hydrogen-bond donors (Lipinski definition) is 0. The van der Waals surface area contributed by atoms with Gasteiger partial charge in [-0.3, -0.25) is 9.69 Å². The van der Waals surface area contributed by atoms with E-state index in [0.717, 1.165) is 18.4 Å². The van der Waals surface area contributed by atoms with Crippen molar-refractivity contribution in [1.29, 1.82) is 0 Å². The Morgan fingerprint density at radius 2 is 1.95 bits per heavy atom. The Labute approximate surface area is 125 Å². The van der Waals surface area contributed by atoms with Gasteiger partial charge in [0.05, 0.1) is 18.6 Å². The van der Waals surface area contributed by atoms with Crippen molar-refractivity contribution in [2.75, 3.05) is 20.7 Å². The van der Waals surface area contributed by atoms with Crippen LogP contribution in [0.3, 0.4) is 0 Å². The predicted octanol–water partition coefficient (Wildman–Crippen LogP) is 3.46. The minimum atomic E-state index is -0.281. The maximum absolute atomic E-state index is 12.1. The minimum Gasteiger partial charge on any atom is -0.466 e. The van der Waals surface area contributed by atoms with E-state index in [1.165, 1.54) is 0 Å². The van der Waals surface area contributed by atoms with E-state index in [1.54, 1.807) is 0 Å². The summed E-state index contributed by atoms with van der Waals surface area (Å²) in [5, 5.41) is 0.716. The molecule has 0 aliphatic heterocycles. The van der Waals surface area contributed by atoms with E-state index in [-0.39, 0.29) is 11.5 Å². The van der Waals surface area contributed by atoms with Crippen molar-refractivity contribution in [3.63, 3.8) is 0 Å². The number of halogens is 1. The Kier molecular flexibility index (Phi) is 4.71. The third-order valence-electron chi connectivity index (χ3n) is 4.11. The van der Waals surface area contributed by atoms with Gasteiger partial charge in [0, 0.05) is 5.02 Å². The van der Waals surface area contributed by atoms with Crippen molar-refractivity contribution in [2.45, 2.75) is 31.7 Å². The molecule has 0 saturated heterocycles. The molecule has 0 aromatic heterocycles. The maximum Gasteiger partial charge on any atom is 0.308 e. The number of benzene rings is 1. The lowest BCUT2D eigenvalue weighted by molar-refractivity contribution is -0.147. The largest absolute Gasteiger partial charge is 0.466 e. The number of carbonyl (C=O) groups excluding carboxylic acids is 1. The normalized spacial score (nSPS) is 17.9. The van der Waals surface area contributed by atoms with Crippen molar-refractivity contribution < 1.29 is 9.53 Å². The van der Waals surface area contributed by atoms with Gasteiger partial charge in [-0.25, -0.2) is 0 Å². The topological polar surface area (TPSA) is 29.5 Å². The minimum absolute atomic E-state index is 0.136. The molecule has 1 atom stereocenters. The molecule has 2 rings (SSSR count). The molecule has 1 unspecified atom stereocenters. The van der Waals surface area contributed by atoms with Crippen LogP contribution in [-0.2, 0) is 15.1 Å². The zero-order chi connectivity index (χ0) is 14.8. The first kappa shape index (κ1) is 15.3. The van der Waals surface area contributed by atoms with Gasteiger partial charge in [-0.05, 0) is 57.5 Å². The molecular weight excluding hydrogens is 274 g/mol. The first-order valence-electron chi connectivity index (χ1n) is 7.09. The summed E-state index contributed by atoms with van der Waals surface area (Å²) in [5.41, 5.74) is 0.860. The molecule has 4 heteroatoms. The highest BCUT2D eigenvalue weighted by molar-refractivity contribution is 6.30. The fourth-order valence-electron chi connectivity index (χ4n) is 3.00. The van der Waals surface area contributed by atoms with Crippen LogP contribution in [0.25, 0.3) is 0 Å². The second kappa shape index (κ2) is 6.15. The van der Waals surface area contributed by atoms with Crippen LogP contribution >= 0.6 is 11.6 Å². The van der Waals surface area contributed by atoms with Gasteiger partial charge < -0.3 is 4.74 Å². The molecule has 0 heterocycles. The lowest BCUT2D eigenvalue weighted by Crippen LogP contribution is -2.45. The average molecular weight is 296 g/mol. The van der Waals surface area contributed by atoms with Gasteiger partial charge in [-0.2, -0.15) is 0 Å². The van der Waals surface area contributed by atoms with Gasteiger partial charge >= 0.3 is 5.97 Å². The first-order chi connectivity index (χ1) is 9.50. The van der Waals surface area contributed by atoms with Crippen LogP contribution in [0.2, 0.25) is 5.02 Å². The maximum atomic E-state index is 12.1. The zero-order valence-electron chi connectivity index (χ0n) is 12.4. The number of nitrogens with zero attached hydrogens (tertiary/aromatic N) is 1. The van der Waals surface area contributed by atoms with Crippen LogP contribution in [0, 0.1) is 5.92 Å². The van der Waals surface area contributed by atoms with E-state index in [0.29, 0.717) is 24.0 Å². The van der Waals surface area contributed by atoms with Crippen molar-refractivity contribution in [3.05, 3.63) is 34.9 Å². The van der Waals surface area contributed by atoms with Crippen LogP contribution in [0.5, 0.6) is 0 Å². The summed E-state index contributed by atoms with van der Waals surface area (Å²) in [7, 11) is 4.07. The Morgan fingerprint density at radius 1 is 1.35 bits per heavy atom. The van der Waals surface area contributed by atoms with E-state index < -0.39 is 0 Å². The lowest BCUT2D eigenvalue weighted by Gasteiger charge is -2.40. The predicted molar refractivity (Wildman–Crippen MR) is 80.8 cm³/mol. The Balaban J connectivity index is 2.36. The summed E-state index contributed by atoms with van der Waals surface area (Å²) < 4.78 is 5.18. The molecule has 0 amide bonds. The molecule has 0 bridgehead atoms. The van der Waals surface area contributed by atoms with Gasteiger partial charge in [0.1, 0.15) is 0 Å². The van der Waals surface area contributed by atoms with Gasteiger partial charge in [0.25, 0.3) is 0 Å². The summed E-state index contributed by atoms with van der Waals surface area (Å²) in [6.45, 7) is 2.27. The van der Waals surface area contributed by atoms with E-state index in [1.807, 2.05) is 45.3 Å². The molecule has 0 radical (unpaired) electrons. The van der Waals surface area contributed by atoms with Gasteiger partial charge in [0.15, 0.2) is 0 Å². The second-order valence-electron chi connectivity index (χ2n) is 5.58. The smallest absolute Gasteiger partial charge is 0.308 e. The van der Waals surface area contributed by atoms with Gasteiger partial charge in [0.2, 0.25) is 0 Å². The molecule has 1 aromatic carbocycles. The number of hydrogen-bond acceptors (Lipinski definition) is 3. The Hall–Kier alpha value is -1.06. The van der Waals surface area contributed by atoms with Crippen LogP contribution in [0.15, 0.2) is 24.3 Å². The molecular formula is C16H22ClNO2. The highest BCUT2D eigenvalue weighted by atomic mass is 35.5. The Morgan fingerprint density at radius 3 is 2.40 bits per heavy atom. The van der Waals surface area contributed by atoms with E-state index in [4.69, 9.17) is 16.3 Å². The van der Waals surface area contributed by atoms with Gasteiger partial charge in [-0.15, -0.1) is 0 Å². The third-order valence-corrected chi connectivity index (χ3v) is 4.37.